The van der Waals surface area contributed by atoms with Crippen molar-refractivity contribution in [3.8, 4) is 0 Å². The predicted octanol–water partition coefficient (Wildman–Crippen LogP) is 1.98. The number of carbonyl (C=O) groups excluding carboxylic acids is 1. The zero-order valence-corrected chi connectivity index (χ0v) is 11.0. The Morgan fingerprint density at radius 1 is 1.44 bits per heavy atom. The molecule has 0 unspecified atom stereocenters. The smallest absolute Gasteiger partial charge is 0.219 e. The van der Waals surface area contributed by atoms with Crippen molar-refractivity contribution in [3.05, 3.63) is 21.4 Å². The molecule has 90 valence electrons. The van der Waals surface area contributed by atoms with Crippen molar-refractivity contribution in [2.24, 2.45) is 0 Å². The lowest BCUT2D eigenvalue weighted by Gasteiger charge is -2.02. The minimum absolute atomic E-state index is 0.115. The normalized spacial score (nSPS) is 10.4. The number of thiophene rings is 1. The summed E-state index contributed by atoms with van der Waals surface area (Å²) in [6, 6.07) is 2.23. The van der Waals surface area contributed by atoms with E-state index in [1.54, 1.807) is 7.05 Å². The molecule has 0 bridgehead atoms. The number of aryl methyl sites for hydroxylation is 2. The van der Waals surface area contributed by atoms with E-state index >= 15 is 0 Å². The number of carbonyl (C=O) groups is 1. The molecular weight excluding hydrogens is 220 g/mol. The van der Waals surface area contributed by atoms with Gasteiger partial charge >= 0.3 is 0 Å². The number of rotatable bonds is 6. The van der Waals surface area contributed by atoms with Gasteiger partial charge in [-0.05, 0) is 38.4 Å². The summed E-state index contributed by atoms with van der Waals surface area (Å²) in [5.74, 6) is 0.115. The van der Waals surface area contributed by atoms with E-state index in [0.717, 1.165) is 19.5 Å². The second-order valence-electron chi connectivity index (χ2n) is 3.91. The molecule has 0 aliphatic rings. The molecule has 0 spiro atoms. The van der Waals surface area contributed by atoms with Crippen LogP contribution in [0.5, 0.6) is 0 Å². The Bertz CT molecular complexity index is 327. The van der Waals surface area contributed by atoms with Gasteiger partial charge in [0, 0.05) is 29.8 Å². The van der Waals surface area contributed by atoms with Crippen LogP contribution in [-0.4, -0.2) is 19.5 Å². The fourth-order valence-corrected chi connectivity index (χ4v) is 2.47. The van der Waals surface area contributed by atoms with Gasteiger partial charge in [0.15, 0.2) is 0 Å². The molecular formula is C12H20N2OS. The van der Waals surface area contributed by atoms with E-state index in [2.05, 4.69) is 30.5 Å². The van der Waals surface area contributed by atoms with Gasteiger partial charge in [0.2, 0.25) is 5.91 Å². The fraction of sp³-hybridized carbons (Fsp3) is 0.583. The van der Waals surface area contributed by atoms with Crippen LogP contribution in [0.3, 0.4) is 0 Å². The first-order valence-electron chi connectivity index (χ1n) is 5.60. The third-order valence-corrected chi connectivity index (χ3v) is 3.71. The summed E-state index contributed by atoms with van der Waals surface area (Å²) >= 11 is 1.84. The van der Waals surface area contributed by atoms with E-state index in [1.807, 2.05) is 11.3 Å². The van der Waals surface area contributed by atoms with Crippen LogP contribution in [0.1, 0.15) is 28.2 Å². The molecule has 0 aliphatic heterocycles. The first kappa shape index (κ1) is 13.2. The topological polar surface area (TPSA) is 41.1 Å². The third kappa shape index (κ3) is 4.33. The minimum Gasteiger partial charge on any atom is -0.359 e. The zero-order chi connectivity index (χ0) is 12.0. The molecule has 4 heteroatoms. The lowest BCUT2D eigenvalue weighted by molar-refractivity contribution is -0.120. The maximum Gasteiger partial charge on any atom is 0.219 e. The van der Waals surface area contributed by atoms with Crippen molar-refractivity contribution >= 4 is 17.2 Å². The maximum atomic E-state index is 11.0. The average molecular weight is 240 g/mol. The van der Waals surface area contributed by atoms with Crippen molar-refractivity contribution < 1.29 is 4.79 Å². The van der Waals surface area contributed by atoms with Gasteiger partial charge in [-0.1, -0.05) is 0 Å². The van der Waals surface area contributed by atoms with Crippen LogP contribution in [0.2, 0.25) is 0 Å². The first-order chi connectivity index (χ1) is 7.63. The molecule has 1 heterocycles. The van der Waals surface area contributed by atoms with Crippen molar-refractivity contribution in [2.75, 3.05) is 13.6 Å². The Morgan fingerprint density at radius 2 is 2.19 bits per heavy atom. The number of hydrogen-bond donors (Lipinski definition) is 2. The zero-order valence-electron chi connectivity index (χ0n) is 10.2. The molecule has 16 heavy (non-hydrogen) atoms. The molecule has 0 saturated carbocycles. The van der Waals surface area contributed by atoms with Crippen LogP contribution in [0.4, 0.5) is 0 Å². The van der Waals surface area contributed by atoms with E-state index in [-0.39, 0.29) is 5.91 Å². The van der Waals surface area contributed by atoms with Gasteiger partial charge in [-0.3, -0.25) is 4.79 Å². The first-order valence-corrected chi connectivity index (χ1v) is 6.42. The van der Waals surface area contributed by atoms with Crippen LogP contribution >= 0.6 is 11.3 Å². The molecule has 1 aromatic rings. The quantitative estimate of drug-likeness (QED) is 0.747. The molecule has 0 aromatic carbocycles. The highest BCUT2D eigenvalue weighted by Gasteiger charge is 2.01. The highest BCUT2D eigenvalue weighted by molar-refractivity contribution is 7.12. The summed E-state index contributed by atoms with van der Waals surface area (Å²) in [5, 5.41) is 5.97. The Morgan fingerprint density at radius 3 is 2.75 bits per heavy atom. The Kier molecular flexibility index (Phi) is 5.49. The van der Waals surface area contributed by atoms with Crippen molar-refractivity contribution in [3.63, 3.8) is 0 Å². The molecule has 0 saturated heterocycles. The largest absolute Gasteiger partial charge is 0.359 e. The lowest BCUT2D eigenvalue weighted by atomic mass is 10.2. The van der Waals surface area contributed by atoms with Gasteiger partial charge in [0.25, 0.3) is 0 Å². The SMILES string of the molecule is CNC(=O)CCCNCc1cc(C)c(C)s1. The average Bonchev–Trinajstić information content (AvgIpc) is 2.57. The van der Waals surface area contributed by atoms with Gasteiger partial charge in [-0.25, -0.2) is 0 Å². The van der Waals surface area contributed by atoms with E-state index in [9.17, 15) is 4.79 Å². The molecule has 0 fully saturated rings. The van der Waals surface area contributed by atoms with Crippen molar-refractivity contribution in [1.29, 1.82) is 0 Å². The molecule has 0 atom stereocenters. The molecule has 1 amide bonds. The summed E-state index contributed by atoms with van der Waals surface area (Å²) in [6.07, 6.45) is 1.50. The van der Waals surface area contributed by atoms with E-state index in [1.165, 1.54) is 15.3 Å². The summed E-state index contributed by atoms with van der Waals surface area (Å²) in [5.41, 5.74) is 1.37. The van der Waals surface area contributed by atoms with Crippen LogP contribution < -0.4 is 10.6 Å². The molecule has 1 rings (SSSR count). The third-order valence-electron chi connectivity index (χ3n) is 2.55. The predicted molar refractivity (Wildman–Crippen MR) is 68.8 cm³/mol. The van der Waals surface area contributed by atoms with Crippen LogP contribution in [-0.2, 0) is 11.3 Å². The van der Waals surface area contributed by atoms with Crippen LogP contribution in [0.15, 0.2) is 6.07 Å². The second-order valence-corrected chi connectivity index (χ2v) is 5.25. The summed E-state index contributed by atoms with van der Waals surface area (Å²) in [6.45, 7) is 6.09. The molecule has 0 radical (unpaired) electrons. The van der Waals surface area contributed by atoms with Gasteiger partial charge in [0.05, 0.1) is 0 Å². The molecule has 2 N–H and O–H groups in total. The van der Waals surface area contributed by atoms with E-state index < -0.39 is 0 Å². The van der Waals surface area contributed by atoms with Crippen molar-refractivity contribution in [1.82, 2.24) is 10.6 Å². The van der Waals surface area contributed by atoms with E-state index in [0.29, 0.717) is 6.42 Å². The van der Waals surface area contributed by atoms with Gasteiger partial charge in [-0.2, -0.15) is 0 Å². The number of hydrogen-bond acceptors (Lipinski definition) is 3. The van der Waals surface area contributed by atoms with Gasteiger partial charge in [0.1, 0.15) is 0 Å². The molecule has 1 aromatic heterocycles. The Hall–Kier alpha value is -0.870. The highest BCUT2D eigenvalue weighted by Crippen LogP contribution is 2.20. The molecule has 3 nitrogen and oxygen atoms in total. The maximum absolute atomic E-state index is 11.0. The Labute approximate surface area is 101 Å². The monoisotopic (exact) mass is 240 g/mol. The lowest BCUT2D eigenvalue weighted by Crippen LogP contribution is -2.20. The summed E-state index contributed by atoms with van der Waals surface area (Å²) in [4.78, 5) is 13.7. The summed E-state index contributed by atoms with van der Waals surface area (Å²) < 4.78 is 0. The van der Waals surface area contributed by atoms with Gasteiger partial charge in [-0.15, -0.1) is 11.3 Å². The fourth-order valence-electron chi connectivity index (χ4n) is 1.45. The van der Waals surface area contributed by atoms with Crippen molar-refractivity contribution in [2.45, 2.75) is 33.2 Å². The molecule has 0 aliphatic carbocycles. The second kappa shape index (κ2) is 6.66. The standard InChI is InChI=1S/C12H20N2OS/c1-9-7-11(16-10(9)2)8-14-6-4-5-12(15)13-3/h7,14H,4-6,8H2,1-3H3,(H,13,15). The van der Waals surface area contributed by atoms with Gasteiger partial charge < -0.3 is 10.6 Å². The van der Waals surface area contributed by atoms with Crippen LogP contribution in [0, 0.1) is 13.8 Å². The number of nitrogens with one attached hydrogen (secondary N) is 2. The summed E-state index contributed by atoms with van der Waals surface area (Å²) in [7, 11) is 1.67. The highest BCUT2D eigenvalue weighted by atomic mass is 32.1. The minimum atomic E-state index is 0.115. The Balaban J connectivity index is 2.14. The van der Waals surface area contributed by atoms with E-state index in [4.69, 9.17) is 0 Å². The van der Waals surface area contributed by atoms with Crippen LogP contribution in [0.25, 0.3) is 0 Å². The number of amides is 1.